The highest BCUT2D eigenvalue weighted by Gasteiger charge is 2.28. The van der Waals surface area contributed by atoms with Gasteiger partial charge in [-0.3, -0.25) is 23.9 Å². The van der Waals surface area contributed by atoms with Crippen LogP contribution in [0.4, 0.5) is 11.5 Å². The summed E-state index contributed by atoms with van der Waals surface area (Å²) in [5.74, 6) is -0.565. The molecule has 2 amide bonds. The molecule has 186 valence electrons. The number of hydrogen-bond donors (Lipinski definition) is 2. The van der Waals surface area contributed by atoms with Crippen LogP contribution in [0.3, 0.4) is 0 Å². The van der Waals surface area contributed by atoms with E-state index in [2.05, 4.69) is 4.98 Å². The second-order valence-corrected chi connectivity index (χ2v) is 11.0. The van der Waals surface area contributed by atoms with Crippen LogP contribution >= 0.6 is 11.3 Å². The number of nitrogens with zero attached hydrogens (tertiary/aromatic N) is 3. The minimum atomic E-state index is -0.712. The van der Waals surface area contributed by atoms with Gasteiger partial charge in [0.1, 0.15) is 12.4 Å². The maximum absolute atomic E-state index is 13.4. The molecule has 34 heavy (non-hydrogen) atoms. The number of nitrogen functional groups attached to an aromatic ring is 1. The zero-order valence-corrected chi connectivity index (χ0v) is 21.5. The fraction of sp³-hybridized carbons (Fsp3) is 0.583. The van der Waals surface area contributed by atoms with E-state index in [1.165, 1.54) is 36.1 Å². The molecule has 0 saturated heterocycles. The van der Waals surface area contributed by atoms with Gasteiger partial charge in [0.2, 0.25) is 5.91 Å². The van der Waals surface area contributed by atoms with Gasteiger partial charge in [-0.15, -0.1) is 11.3 Å². The van der Waals surface area contributed by atoms with Gasteiger partial charge in [-0.25, -0.2) is 4.79 Å². The SMILES string of the molecule is CC(C)CN(C(=O)CN(C)C(=O)c1cc2c(s1)CCCC2)c1c(N)n(CC(C)C)c(=O)[nH]c1=O. The maximum atomic E-state index is 13.4. The number of likely N-dealkylation sites (N-methyl/N-ethyl adjacent to an activating group) is 1. The summed E-state index contributed by atoms with van der Waals surface area (Å²) in [6, 6.07) is 1.94. The topological polar surface area (TPSA) is 121 Å². The van der Waals surface area contributed by atoms with Crippen molar-refractivity contribution in [3.63, 3.8) is 0 Å². The Kier molecular flexibility index (Phi) is 8.01. The van der Waals surface area contributed by atoms with Gasteiger partial charge in [0.05, 0.1) is 4.88 Å². The first-order valence-electron chi connectivity index (χ1n) is 11.8. The fourth-order valence-electron chi connectivity index (χ4n) is 4.21. The first-order valence-corrected chi connectivity index (χ1v) is 12.6. The van der Waals surface area contributed by atoms with Crippen LogP contribution in [-0.2, 0) is 24.2 Å². The molecule has 0 saturated carbocycles. The first-order chi connectivity index (χ1) is 16.0. The molecule has 10 heteroatoms. The Hall–Kier alpha value is -2.88. The number of anilines is 2. The predicted octanol–water partition coefficient (Wildman–Crippen LogP) is 2.48. The van der Waals surface area contributed by atoms with E-state index in [4.69, 9.17) is 5.73 Å². The molecule has 2 heterocycles. The quantitative estimate of drug-likeness (QED) is 0.590. The van der Waals surface area contributed by atoms with Gasteiger partial charge in [-0.05, 0) is 49.1 Å². The molecule has 9 nitrogen and oxygen atoms in total. The smallest absolute Gasteiger partial charge is 0.330 e. The van der Waals surface area contributed by atoms with Gasteiger partial charge >= 0.3 is 5.69 Å². The standard InChI is InChI=1S/C24H35N5O4S/c1-14(2)11-28(20-21(25)29(12-15(3)4)24(33)26-22(20)31)19(30)13-27(5)23(32)18-10-16-8-6-7-9-17(16)34-18/h10,14-15H,6-9,11-13,25H2,1-5H3,(H,26,31,33). The number of aromatic nitrogens is 2. The molecule has 1 aliphatic rings. The van der Waals surface area contributed by atoms with Crippen molar-refractivity contribution in [2.24, 2.45) is 11.8 Å². The first kappa shape index (κ1) is 25.7. The van der Waals surface area contributed by atoms with E-state index in [-0.39, 0.29) is 42.3 Å². The maximum Gasteiger partial charge on any atom is 0.330 e. The van der Waals surface area contributed by atoms with Gasteiger partial charge in [0.25, 0.3) is 11.5 Å². The normalized spacial score (nSPS) is 13.3. The third-order valence-electron chi connectivity index (χ3n) is 5.81. The summed E-state index contributed by atoms with van der Waals surface area (Å²) in [5, 5.41) is 0. The molecule has 3 N–H and O–H groups in total. The van der Waals surface area contributed by atoms with E-state index in [1.54, 1.807) is 7.05 Å². The summed E-state index contributed by atoms with van der Waals surface area (Å²) in [5.41, 5.74) is 6.12. The summed E-state index contributed by atoms with van der Waals surface area (Å²) in [4.78, 5) is 58.4. The van der Waals surface area contributed by atoms with Crippen LogP contribution in [0.15, 0.2) is 15.7 Å². The molecule has 0 spiro atoms. The van der Waals surface area contributed by atoms with Crippen molar-refractivity contribution in [3.05, 3.63) is 42.2 Å². The van der Waals surface area contributed by atoms with Gasteiger partial charge in [0.15, 0.2) is 5.69 Å². The van der Waals surface area contributed by atoms with Gasteiger partial charge in [-0.1, -0.05) is 27.7 Å². The number of nitrogens with one attached hydrogen (secondary N) is 1. The highest BCUT2D eigenvalue weighted by atomic mass is 32.1. The van der Waals surface area contributed by atoms with Crippen LogP contribution in [-0.4, -0.2) is 46.4 Å². The van der Waals surface area contributed by atoms with Gasteiger partial charge in [0, 0.05) is 25.0 Å². The summed E-state index contributed by atoms with van der Waals surface area (Å²) >= 11 is 1.50. The van der Waals surface area contributed by atoms with Gasteiger partial charge in [-0.2, -0.15) is 0 Å². The van der Waals surface area contributed by atoms with Crippen molar-refractivity contribution < 1.29 is 9.59 Å². The van der Waals surface area contributed by atoms with Crippen LogP contribution in [0.5, 0.6) is 0 Å². The summed E-state index contributed by atoms with van der Waals surface area (Å²) in [7, 11) is 1.58. The van der Waals surface area contributed by atoms with Crippen molar-refractivity contribution in [1.29, 1.82) is 0 Å². The van der Waals surface area contributed by atoms with Crippen LogP contribution in [0.25, 0.3) is 0 Å². The number of thiophene rings is 1. The van der Waals surface area contributed by atoms with Crippen molar-refractivity contribution >= 4 is 34.7 Å². The molecular formula is C24H35N5O4S. The third-order valence-corrected chi connectivity index (χ3v) is 7.03. The summed E-state index contributed by atoms with van der Waals surface area (Å²) in [6.45, 7) is 8.00. The highest BCUT2D eigenvalue weighted by molar-refractivity contribution is 7.14. The molecule has 2 aromatic heterocycles. The Bertz CT molecular complexity index is 1150. The van der Waals surface area contributed by atoms with Crippen molar-refractivity contribution in [2.75, 3.05) is 30.8 Å². The Balaban J connectivity index is 1.89. The minimum absolute atomic E-state index is 0.0262. The van der Waals surface area contributed by atoms with Crippen molar-refractivity contribution in [3.8, 4) is 0 Å². The average molecular weight is 490 g/mol. The van der Waals surface area contributed by atoms with Crippen LogP contribution in [0.1, 0.15) is 60.6 Å². The number of amides is 2. The molecule has 0 aromatic carbocycles. The van der Waals surface area contributed by atoms with Crippen LogP contribution in [0, 0.1) is 11.8 Å². The molecule has 1 aliphatic carbocycles. The molecule has 0 fully saturated rings. The Morgan fingerprint density at radius 2 is 1.82 bits per heavy atom. The summed E-state index contributed by atoms with van der Waals surface area (Å²) in [6.07, 6.45) is 4.24. The molecule has 0 aliphatic heterocycles. The Morgan fingerprint density at radius 3 is 2.44 bits per heavy atom. The number of hydrogen-bond acceptors (Lipinski definition) is 6. The lowest BCUT2D eigenvalue weighted by Crippen LogP contribution is -2.47. The number of aromatic amines is 1. The van der Waals surface area contributed by atoms with Crippen LogP contribution < -0.4 is 21.9 Å². The zero-order chi connectivity index (χ0) is 25.2. The molecule has 0 atom stereocenters. The van der Waals surface area contributed by atoms with E-state index in [1.807, 2.05) is 33.8 Å². The lowest BCUT2D eigenvalue weighted by molar-refractivity contribution is -0.119. The van der Waals surface area contributed by atoms with Crippen LogP contribution in [0.2, 0.25) is 0 Å². The number of nitrogens with two attached hydrogens (primary N) is 1. The van der Waals surface area contributed by atoms with E-state index in [9.17, 15) is 19.2 Å². The number of carbonyl (C=O) groups excluding carboxylic acids is 2. The van der Waals surface area contributed by atoms with Crippen molar-refractivity contribution in [2.45, 2.75) is 59.9 Å². The number of fused-ring (bicyclic) bond motifs is 1. The Labute approximate surface area is 203 Å². The monoisotopic (exact) mass is 489 g/mol. The molecular weight excluding hydrogens is 454 g/mol. The Morgan fingerprint density at radius 1 is 1.15 bits per heavy atom. The number of carbonyl (C=O) groups is 2. The van der Waals surface area contributed by atoms with E-state index >= 15 is 0 Å². The minimum Gasteiger partial charge on any atom is -0.383 e. The third kappa shape index (κ3) is 5.60. The second-order valence-electron chi connectivity index (χ2n) is 9.82. The summed E-state index contributed by atoms with van der Waals surface area (Å²) < 4.78 is 1.28. The molecule has 0 radical (unpaired) electrons. The average Bonchev–Trinajstić information content (AvgIpc) is 3.19. The molecule has 0 bridgehead atoms. The predicted molar refractivity (Wildman–Crippen MR) is 136 cm³/mol. The second kappa shape index (κ2) is 10.6. The van der Waals surface area contributed by atoms with E-state index < -0.39 is 17.2 Å². The molecule has 3 rings (SSSR count). The largest absolute Gasteiger partial charge is 0.383 e. The number of rotatable bonds is 8. The fourth-order valence-corrected chi connectivity index (χ4v) is 5.46. The lowest BCUT2D eigenvalue weighted by Gasteiger charge is -2.28. The molecule has 2 aromatic rings. The van der Waals surface area contributed by atoms with Crippen molar-refractivity contribution in [1.82, 2.24) is 14.5 Å². The van der Waals surface area contributed by atoms with E-state index in [0.717, 1.165) is 25.7 Å². The lowest BCUT2D eigenvalue weighted by atomic mass is 9.99. The highest BCUT2D eigenvalue weighted by Crippen LogP contribution is 2.30. The van der Waals surface area contributed by atoms with E-state index in [0.29, 0.717) is 11.4 Å². The number of aryl methyl sites for hydroxylation is 2. The number of H-pyrrole nitrogens is 1. The molecule has 0 unspecified atom stereocenters. The van der Waals surface area contributed by atoms with Gasteiger partial charge < -0.3 is 15.5 Å². The zero-order valence-electron chi connectivity index (χ0n) is 20.6.